The zero-order chi connectivity index (χ0) is 20.8. The second-order valence-corrected chi connectivity index (χ2v) is 7.44. The Kier molecular flexibility index (Phi) is 4.23. The first-order valence-corrected chi connectivity index (χ1v) is 9.65. The van der Waals surface area contributed by atoms with Crippen LogP contribution in [0.5, 0.6) is 11.5 Å². The van der Waals surface area contributed by atoms with Gasteiger partial charge in [-0.2, -0.15) is 0 Å². The average Bonchev–Trinajstić information content (AvgIpc) is 3.42. The Morgan fingerprint density at radius 2 is 1.90 bits per heavy atom. The maximum Gasteiger partial charge on any atom is 0.270 e. The lowest BCUT2D eigenvalue weighted by Gasteiger charge is -2.33. The van der Waals surface area contributed by atoms with Crippen molar-refractivity contribution >= 4 is 11.6 Å². The van der Waals surface area contributed by atoms with E-state index in [1.165, 1.54) is 0 Å². The van der Waals surface area contributed by atoms with E-state index in [4.69, 9.17) is 9.47 Å². The number of hydrogen-bond donors (Lipinski definition) is 4. The Hall–Kier alpha value is -3.75. The van der Waals surface area contributed by atoms with Crippen LogP contribution >= 0.6 is 0 Å². The van der Waals surface area contributed by atoms with Gasteiger partial charge >= 0.3 is 0 Å². The summed E-state index contributed by atoms with van der Waals surface area (Å²) in [5.74, 6) is 1.87. The van der Waals surface area contributed by atoms with Gasteiger partial charge in [-0.3, -0.25) is 19.8 Å². The number of nitrogens with zero attached hydrogens (tertiary/aromatic N) is 1. The van der Waals surface area contributed by atoms with Gasteiger partial charge in [-0.1, -0.05) is 6.07 Å². The molecule has 1 aliphatic carbocycles. The van der Waals surface area contributed by atoms with Crippen molar-refractivity contribution in [2.45, 2.75) is 24.7 Å². The first kappa shape index (κ1) is 18.3. The highest BCUT2D eigenvalue weighted by Gasteiger charge is 2.41. The monoisotopic (exact) mass is 407 g/mol. The number of H-pyrrole nitrogens is 3. The number of rotatable bonds is 4. The molecule has 9 heteroatoms. The standard InChI is InChI=1S/C21H21N5O4/c1-29-14-4-3-10(9-15(14)30-2)11-7-12-16(13(27)8-11)17(19-22-5-6-23-19)18-20(24-12)25-26-21(18)28/h3-6,9,11,17H,7-8H2,1-2H3,(H,22,23)(H3,24,25,26,28)/t11-,17+/m0/s1. The molecule has 1 aliphatic heterocycles. The summed E-state index contributed by atoms with van der Waals surface area (Å²) in [6.45, 7) is 0. The summed E-state index contributed by atoms with van der Waals surface area (Å²) in [5.41, 5.74) is 2.61. The molecular weight excluding hydrogens is 386 g/mol. The number of aromatic amines is 3. The van der Waals surface area contributed by atoms with Crippen molar-refractivity contribution in [3.8, 4) is 11.5 Å². The number of Topliss-reactive ketones (excluding diaryl/α,β-unsaturated/α-hetero) is 1. The van der Waals surface area contributed by atoms with E-state index in [-0.39, 0.29) is 17.3 Å². The minimum absolute atomic E-state index is 0.00353. The van der Waals surface area contributed by atoms with Crippen LogP contribution < -0.4 is 20.3 Å². The van der Waals surface area contributed by atoms with Gasteiger partial charge < -0.3 is 19.8 Å². The minimum Gasteiger partial charge on any atom is -0.493 e. The topological polar surface area (TPSA) is 125 Å². The largest absolute Gasteiger partial charge is 0.493 e. The Morgan fingerprint density at radius 1 is 1.07 bits per heavy atom. The number of allylic oxidation sites excluding steroid dienone is 2. The number of hydrogen-bond acceptors (Lipinski definition) is 6. The van der Waals surface area contributed by atoms with Crippen LogP contribution in [0, 0.1) is 0 Å². The van der Waals surface area contributed by atoms with Gasteiger partial charge in [0, 0.05) is 30.1 Å². The summed E-state index contributed by atoms with van der Waals surface area (Å²) in [5, 5.41) is 8.76. The third-order valence-corrected chi connectivity index (χ3v) is 5.85. The van der Waals surface area contributed by atoms with Gasteiger partial charge in [0.25, 0.3) is 5.56 Å². The molecule has 9 nitrogen and oxygen atoms in total. The van der Waals surface area contributed by atoms with E-state index in [0.29, 0.717) is 47.1 Å². The maximum atomic E-state index is 13.3. The second-order valence-electron chi connectivity index (χ2n) is 7.44. The van der Waals surface area contributed by atoms with Crippen LogP contribution in [0.1, 0.15) is 41.6 Å². The van der Waals surface area contributed by atoms with Crippen molar-refractivity contribution in [3.05, 3.63) is 69.2 Å². The van der Waals surface area contributed by atoms with Gasteiger partial charge in [-0.15, -0.1) is 0 Å². The van der Waals surface area contributed by atoms with Crippen molar-refractivity contribution in [2.24, 2.45) is 0 Å². The molecule has 0 saturated heterocycles. The van der Waals surface area contributed by atoms with E-state index in [1.54, 1.807) is 26.6 Å². The van der Waals surface area contributed by atoms with Crippen LogP contribution in [0.3, 0.4) is 0 Å². The van der Waals surface area contributed by atoms with E-state index in [1.807, 2.05) is 18.2 Å². The number of anilines is 1. The Labute approximate surface area is 171 Å². The van der Waals surface area contributed by atoms with Gasteiger partial charge in [0.15, 0.2) is 17.3 Å². The van der Waals surface area contributed by atoms with Gasteiger partial charge in [0.2, 0.25) is 0 Å². The smallest absolute Gasteiger partial charge is 0.270 e. The number of carbonyl (C=O) groups excluding carboxylic acids is 1. The molecule has 2 aliphatic rings. The highest BCUT2D eigenvalue weighted by molar-refractivity contribution is 6.01. The summed E-state index contributed by atoms with van der Waals surface area (Å²) in [4.78, 5) is 33.2. The van der Waals surface area contributed by atoms with E-state index in [2.05, 4.69) is 25.5 Å². The Bertz CT molecular complexity index is 1200. The van der Waals surface area contributed by atoms with Crippen molar-refractivity contribution in [3.63, 3.8) is 0 Å². The van der Waals surface area contributed by atoms with Crippen LogP contribution in [-0.4, -0.2) is 40.2 Å². The molecule has 0 fully saturated rings. The quantitative estimate of drug-likeness (QED) is 0.526. The molecule has 3 heterocycles. The molecule has 0 saturated carbocycles. The van der Waals surface area contributed by atoms with Crippen molar-refractivity contribution in [1.29, 1.82) is 0 Å². The predicted octanol–water partition coefficient (Wildman–Crippen LogP) is 2.40. The van der Waals surface area contributed by atoms with Crippen LogP contribution in [0.2, 0.25) is 0 Å². The zero-order valence-electron chi connectivity index (χ0n) is 16.5. The molecule has 3 aromatic rings. The molecule has 0 spiro atoms. The van der Waals surface area contributed by atoms with E-state index >= 15 is 0 Å². The minimum atomic E-state index is -0.528. The summed E-state index contributed by atoms with van der Waals surface area (Å²) < 4.78 is 10.7. The molecule has 4 N–H and O–H groups in total. The maximum absolute atomic E-state index is 13.3. The number of carbonyl (C=O) groups is 1. The average molecular weight is 407 g/mol. The molecule has 154 valence electrons. The summed E-state index contributed by atoms with van der Waals surface area (Å²) in [6, 6.07) is 5.73. The van der Waals surface area contributed by atoms with Crippen LogP contribution in [0.25, 0.3) is 0 Å². The number of imidazole rings is 1. The molecule has 0 amide bonds. The van der Waals surface area contributed by atoms with Crippen LogP contribution in [-0.2, 0) is 4.79 Å². The number of nitrogens with one attached hydrogen (secondary N) is 4. The Morgan fingerprint density at radius 3 is 2.63 bits per heavy atom. The number of aromatic nitrogens is 4. The first-order chi connectivity index (χ1) is 14.6. The van der Waals surface area contributed by atoms with Crippen molar-refractivity contribution in [1.82, 2.24) is 20.2 Å². The number of benzene rings is 1. The molecule has 2 aromatic heterocycles. The third kappa shape index (κ3) is 2.73. The lowest BCUT2D eigenvalue weighted by atomic mass is 9.74. The number of ether oxygens (including phenoxy) is 2. The number of ketones is 1. The predicted molar refractivity (Wildman–Crippen MR) is 109 cm³/mol. The molecular formula is C21H21N5O4. The van der Waals surface area contributed by atoms with Gasteiger partial charge in [0.1, 0.15) is 11.6 Å². The summed E-state index contributed by atoms with van der Waals surface area (Å²) >= 11 is 0. The highest BCUT2D eigenvalue weighted by atomic mass is 16.5. The van der Waals surface area contributed by atoms with E-state index in [9.17, 15) is 9.59 Å². The fraction of sp³-hybridized carbons (Fsp3) is 0.286. The molecule has 2 atom stereocenters. The van der Waals surface area contributed by atoms with E-state index < -0.39 is 5.92 Å². The third-order valence-electron chi connectivity index (χ3n) is 5.85. The summed E-state index contributed by atoms with van der Waals surface area (Å²) in [7, 11) is 3.18. The second kappa shape index (κ2) is 6.94. The normalized spacial score (nSPS) is 20.4. The van der Waals surface area contributed by atoms with Crippen LogP contribution in [0.15, 0.2) is 46.7 Å². The fourth-order valence-corrected chi connectivity index (χ4v) is 4.47. The molecule has 1 aromatic carbocycles. The van der Waals surface area contributed by atoms with Crippen molar-refractivity contribution in [2.75, 3.05) is 19.5 Å². The Balaban J connectivity index is 1.57. The molecule has 30 heavy (non-hydrogen) atoms. The lowest BCUT2D eigenvalue weighted by molar-refractivity contribution is -0.116. The zero-order valence-corrected chi connectivity index (χ0v) is 16.5. The lowest BCUT2D eigenvalue weighted by Crippen LogP contribution is -2.32. The summed E-state index contributed by atoms with van der Waals surface area (Å²) in [6.07, 6.45) is 4.28. The molecule has 5 rings (SSSR count). The van der Waals surface area contributed by atoms with Gasteiger partial charge in [0.05, 0.1) is 25.7 Å². The van der Waals surface area contributed by atoms with E-state index in [0.717, 1.165) is 11.3 Å². The molecule has 0 unspecified atom stereocenters. The number of fused-ring (bicyclic) bond motifs is 1. The van der Waals surface area contributed by atoms with Crippen LogP contribution in [0.4, 0.5) is 5.82 Å². The number of methoxy groups -OCH3 is 2. The SMILES string of the molecule is COc1ccc([C@@H]2CC(=O)C3=C(C2)Nc2[nH][nH]c(=O)c2[C@@H]3c2ncc[nH]2)cc1OC. The molecule has 0 bridgehead atoms. The van der Waals surface area contributed by atoms with Crippen molar-refractivity contribution < 1.29 is 14.3 Å². The van der Waals surface area contributed by atoms with Gasteiger partial charge in [-0.25, -0.2) is 4.98 Å². The van der Waals surface area contributed by atoms with Gasteiger partial charge in [-0.05, 0) is 30.0 Å². The highest BCUT2D eigenvalue weighted by Crippen LogP contribution is 2.46. The fourth-order valence-electron chi connectivity index (χ4n) is 4.47. The molecule has 0 radical (unpaired) electrons. The first-order valence-electron chi connectivity index (χ1n) is 9.65.